The van der Waals surface area contributed by atoms with Gasteiger partial charge in [0.2, 0.25) is 0 Å². The second-order valence-corrected chi connectivity index (χ2v) is 4.34. The third-order valence-corrected chi connectivity index (χ3v) is 3.00. The molecule has 2 heterocycles. The van der Waals surface area contributed by atoms with Gasteiger partial charge in [-0.2, -0.15) is 5.10 Å². The molecular formula is C13H14N4O. The van der Waals surface area contributed by atoms with Crippen LogP contribution in [0.3, 0.4) is 0 Å². The molecule has 18 heavy (non-hydrogen) atoms. The molecule has 0 saturated carbocycles. The van der Waals surface area contributed by atoms with Gasteiger partial charge in [0.05, 0.1) is 11.9 Å². The molecule has 0 atom stereocenters. The summed E-state index contributed by atoms with van der Waals surface area (Å²) >= 11 is 0. The molecule has 92 valence electrons. The van der Waals surface area contributed by atoms with Gasteiger partial charge < -0.3 is 10.2 Å². The van der Waals surface area contributed by atoms with Crippen molar-refractivity contribution in [3.05, 3.63) is 47.9 Å². The highest BCUT2D eigenvalue weighted by Crippen LogP contribution is 2.21. The number of aromatic amines is 1. The van der Waals surface area contributed by atoms with Crippen molar-refractivity contribution >= 4 is 10.9 Å². The number of rotatable bonds is 3. The van der Waals surface area contributed by atoms with E-state index in [1.54, 1.807) is 0 Å². The minimum atomic E-state index is 0.418. The second-order valence-electron chi connectivity index (χ2n) is 4.34. The molecule has 0 amide bonds. The van der Waals surface area contributed by atoms with E-state index in [4.69, 9.17) is 5.21 Å². The largest absolute Gasteiger partial charge is 0.361 e. The van der Waals surface area contributed by atoms with Crippen LogP contribution < -0.4 is 5.48 Å². The molecule has 5 nitrogen and oxygen atoms in total. The Kier molecular flexibility index (Phi) is 2.62. The molecule has 0 radical (unpaired) electrons. The van der Waals surface area contributed by atoms with E-state index < -0.39 is 0 Å². The first-order valence-corrected chi connectivity index (χ1v) is 5.76. The van der Waals surface area contributed by atoms with Gasteiger partial charge in [0.15, 0.2) is 0 Å². The normalized spacial score (nSPS) is 11.2. The number of aromatic nitrogens is 3. The van der Waals surface area contributed by atoms with Crippen LogP contribution in [-0.2, 0) is 6.54 Å². The lowest BCUT2D eigenvalue weighted by Crippen LogP contribution is -2.05. The van der Waals surface area contributed by atoms with E-state index in [0.29, 0.717) is 6.54 Å². The van der Waals surface area contributed by atoms with Gasteiger partial charge in [-0.3, -0.25) is 0 Å². The van der Waals surface area contributed by atoms with Crippen molar-refractivity contribution in [2.75, 3.05) is 0 Å². The number of hydroxylamine groups is 1. The van der Waals surface area contributed by atoms with Crippen molar-refractivity contribution in [2.24, 2.45) is 0 Å². The van der Waals surface area contributed by atoms with Crippen molar-refractivity contribution in [3.8, 4) is 5.69 Å². The van der Waals surface area contributed by atoms with E-state index in [2.05, 4.69) is 21.6 Å². The van der Waals surface area contributed by atoms with Crippen LogP contribution in [0.4, 0.5) is 0 Å². The third-order valence-electron chi connectivity index (χ3n) is 3.00. The van der Waals surface area contributed by atoms with Crippen LogP contribution >= 0.6 is 0 Å². The summed E-state index contributed by atoms with van der Waals surface area (Å²) in [5, 5.41) is 14.2. The number of aryl methyl sites for hydroxylation is 1. The molecule has 3 rings (SSSR count). The molecule has 3 aromatic rings. The summed E-state index contributed by atoms with van der Waals surface area (Å²) in [4.78, 5) is 3.18. The number of hydrogen-bond acceptors (Lipinski definition) is 3. The van der Waals surface area contributed by atoms with Gasteiger partial charge in [0, 0.05) is 29.8 Å². The summed E-state index contributed by atoms with van der Waals surface area (Å²) in [6.07, 6.45) is 5.71. The maximum absolute atomic E-state index is 8.81. The lowest BCUT2D eigenvalue weighted by molar-refractivity contribution is 0.161. The van der Waals surface area contributed by atoms with Gasteiger partial charge >= 0.3 is 0 Å². The Morgan fingerprint density at radius 1 is 1.44 bits per heavy atom. The summed E-state index contributed by atoms with van der Waals surface area (Å²) < 4.78 is 1.85. The first-order valence-electron chi connectivity index (χ1n) is 5.76. The number of nitrogens with one attached hydrogen (secondary N) is 2. The number of benzene rings is 1. The molecular weight excluding hydrogens is 228 g/mol. The smallest absolute Gasteiger partial charge is 0.0653 e. The van der Waals surface area contributed by atoms with Gasteiger partial charge in [0.25, 0.3) is 0 Å². The zero-order valence-corrected chi connectivity index (χ0v) is 10.0. The van der Waals surface area contributed by atoms with Gasteiger partial charge in [-0.25, -0.2) is 10.2 Å². The quantitative estimate of drug-likeness (QED) is 0.616. The fourth-order valence-corrected chi connectivity index (χ4v) is 2.09. The van der Waals surface area contributed by atoms with E-state index in [0.717, 1.165) is 27.7 Å². The standard InChI is InChI=1S/C13H14N4O/c1-9-5-15-17(8-9)11-2-3-13-12(4-11)10(6-14-13)7-16-18/h2-6,8,14,16,18H,7H2,1H3. The van der Waals surface area contributed by atoms with Crippen molar-refractivity contribution < 1.29 is 5.21 Å². The van der Waals surface area contributed by atoms with E-state index in [1.165, 1.54) is 0 Å². The molecule has 5 heteroatoms. The first-order chi connectivity index (χ1) is 8.78. The van der Waals surface area contributed by atoms with E-state index in [1.807, 2.05) is 42.3 Å². The summed E-state index contributed by atoms with van der Waals surface area (Å²) in [5.74, 6) is 0. The van der Waals surface area contributed by atoms with Gasteiger partial charge in [-0.15, -0.1) is 0 Å². The molecule has 0 aliphatic carbocycles. The van der Waals surface area contributed by atoms with Gasteiger partial charge in [-0.05, 0) is 36.2 Å². The molecule has 0 aliphatic heterocycles. The highest BCUT2D eigenvalue weighted by atomic mass is 16.5. The summed E-state index contributed by atoms with van der Waals surface area (Å²) in [5.41, 5.74) is 6.39. The Morgan fingerprint density at radius 3 is 3.06 bits per heavy atom. The molecule has 0 unspecified atom stereocenters. The first kappa shape index (κ1) is 11.0. The Bertz CT molecular complexity index is 683. The zero-order chi connectivity index (χ0) is 12.5. The highest BCUT2D eigenvalue weighted by molar-refractivity contribution is 5.85. The Balaban J connectivity index is 2.11. The molecule has 0 saturated heterocycles. The predicted octanol–water partition coefficient (Wildman–Crippen LogP) is 2.14. The van der Waals surface area contributed by atoms with Crippen molar-refractivity contribution in [2.45, 2.75) is 13.5 Å². The van der Waals surface area contributed by atoms with E-state index in [-0.39, 0.29) is 0 Å². The molecule has 0 bridgehead atoms. The Labute approximate surface area is 104 Å². The Hall–Kier alpha value is -2.11. The van der Waals surface area contributed by atoms with E-state index in [9.17, 15) is 0 Å². The topological polar surface area (TPSA) is 65.9 Å². The molecule has 2 aromatic heterocycles. The summed E-state index contributed by atoms with van der Waals surface area (Å²) in [6.45, 7) is 2.43. The predicted molar refractivity (Wildman–Crippen MR) is 68.8 cm³/mol. The number of nitrogens with zero attached hydrogens (tertiary/aromatic N) is 2. The summed E-state index contributed by atoms with van der Waals surface area (Å²) in [6, 6.07) is 6.09. The minimum Gasteiger partial charge on any atom is -0.361 e. The van der Waals surface area contributed by atoms with Crippen LogP contribution in [-0.4, -0.2) is 20.0 Å². The maximum Gasteiger partial charge on any atom is 0.0653 e. The molecule has 0 spiro atoms. The number of hydrogen-bond donors (Lipinski definition) is 3. The van der Waals surface area contributed by atoms with Crippen LogP contribution in [0.25, 0.3) is 16.6 Å². The molecule has 0 fully saturated rings. The lowest BCUT2D eigenvalue weighted by Gasteiger charge is -2.02. The average molecular weight is 242 g/mol. The fourth-order valence-electron chi connectivity index (χ4n) is 2.09. The highest BCUT2D eigenvalue weighted by Gasteiger charge is 2.05. The maximum atomic E-state index is 8.81. The molecule has 0 aliphatic rings. The van der Waals surface area contributed by atoms with Crippen LogP contribution in [0, 0.1) is 6.92 Å². The molecule has 3 N–H and O–H groups in total. The Morgan fingerprint density at radius 2 is 2.33 bits per heavy atom. The SMILES string of the molecule is Cc1cnn(-c2ccc3[nH]cc(CNO)c3c2)c1. The number of fused-ring (bicyclic) bond motifs is 1. The van der Waals surface area contributed by atoms with Gasteiger partial charge in [-0.1, -0.05) is 0 Å². The van der Waals surface area contributed by atoms with Crippen molar-refractivity contribution in [1.29, 1.82) is 0 Å². The summed E-state index contributed by atoms with van der Waals surface area (Å²) in [7, 11) is 0. The van der Waals surface area contributed by atoms with Crippen LogP contribution in [0.2, 0.25) is 0 Å². The lowest BCUT2D eigenvalue weighted by atomic mass is 10.1. The van der Waals surface area contributed by atoms with Gasteiger partial charge in [0.1, 0.15) is 0 Å². The molecule has 1 aromatic carbocycles. The monoisotopic (exact) mass is 242 g/mol. The second kappa shape index (κ2) is 4.29. The van der Waals surface area contributed by atoms with E-state index >= 15 is 0 Å². The van der Waals surface area contributed by atoms with Crippen LogP contribution in [0.15, 0.2) is 36.8 Å². The van der Waals surface area contributed by atoms with Crippen molar-refractivity contribution in [1.82, 2.24) is 20.2 Å². The minimum absolute atomic E-state index is 0.418. The van der Waals surface area contributed by atoms with Crippen LogP contribution in [0.5, 0.6) is 0 Å². The van der Waals surface area contributed by atoms with Crippen molar-refractivity contribution in [3.63, 3.8) is 0 Å². The fraction of sp³-hybridized carbons (Fsp3) is 0.154. The number of H-pyrrole nitrogens is 1. The zero-order valence-electron chi connectivity index (χ0n) is 10.0. The van der Waals surface area contributed by atoms with Crippen LogP contribution in [0.1, 0.15) is 11.1 Å². The average Bonchev–Trinajstić information content (AvgIpc) is 2.96. The third kappa shape index (κ3) is 1.79.